The van der Waals surface area contributed by atoms with Crippen LogP contribution < -0.4 is 5.32 Å². The molecule has 1 aliphatic heterocycles. The van der Waals surface area contributed by atoms with E-state index in [2.05, 4.69) is 17.4 Å². The number of anilines is 1. The largest absolute Gasteiger partial charge is 0.324 e. The van der Waals surface area contributed by atoms with Crippen molar-refractivity contribution in [2.75, 3.05) is 17.3 Å². The molecule has 0 fully saturated rings. The predicted octanol–water partition coefficient (Wildman–Crippen LogP) is 2.45. The van der Waals surface area contributed by atoms with E-state index in [9.17, 15) is 4.79 Å². The van der Waals surface area contributed by atoms with E-state index in [1.807, 2.05) is 12.3 Å². The fraction of sp³-hybridized carbons (Fsp3) is 0.222. The van der Waals surface area contributed by atoms with Crippen LogP contribution in [0, 0.1) is 0 Å². The Morgan fingerprint density at radius 3 is 3.15 bits per heavy atom. The Bertz CT molecular complexity index is 351. The van der Waals surface area contributed by atoms with Crippen molar-refractivity contribution in [3.05, 3.63) is 18.2 Å². The molecule has 1 aromatic carbocycles. The average Bonchev–Trinajstić information content (AvgIpc) is 2.16. The van der Waals surface area contributed by atoms with Crippen molar-refractivity contribution < 1.29 is 4.79 Å². The third-order valence-corrected chi connectivity index (χ3v) is 3.62. The normalized spacial score (nSPS) is 15.0. The first-order valence-electron chi connectivity index (χ1n) is 3.90. The highest BCUT2D eigenvalue weighted by Crippen LogP contribution is 2.33. The summed E-state index contributed by atoms with van der Waals surface area (Å²) in [5, 5.41) is 2.86. The van der Waals surface area contributed by atoms with Gasteiger partial charge < -0.3 is 5.32 Å². The van der Waals surface area contributed by atoms with Gasteiger partial charge in [-0.3, -0.25) is 4.79 Å². The lowest BCUT2D eigenvalue weighted by Crippen LogP contribution is -2.18. The molecule has 0 radical (unpaired) electrons. The van der Waals surface area contributed by atoms with E-state index in [4.69, 9.17) is 0 Å². The van der Waals surface area contributed by atoms with Crippen LogP contribution in [0.25, 0.3) is 0 Å². The Morgan fingerprint density at radius 1 is 1.54 bits per heavy atom. The molecule has 68 valence electrons. The maximum absolute atomic E-state index is 11.1. The Balaban J connectivity index is 2.38. The van der Waals surface area contributed by atoms with Crippen LogP contribution in [0.2, 0.25) is 0 Å². The zero-order valence-electron chi connectivity index (χ0n) is 7.16. The number of nitrogens with one attached hydrogen (secondary N) is 1. The maximum atomic E-state index is 11.1. The number of benzene rings is 1. The Labute approximate surface area is 85.5 Å². The van der Waals surface area contributed by atoms with Gasteiger partial charge in [0.05, 0.1) is 11.4 Å². The highest BCUT2D eigenvalue weighted by atomic mass is 32.2. The van der Waals surface area contributed by atoms with Gasteiger partial charge in [0.15, 0.2) is 0 Å². The number of thioether (sulfide) groups is 2. The van der Waals surface area contributed by atoms with E-state index in [1.54, 1.807) is 23.5 Å². The molecular formula is C9H9NOS2. The molecule has 0 aromatic heterocycles. The van der Waals surface area contributed by atoms with Gasteiger partial charge in [0.1, 0.15) is 0 Å². The molecule has 13 heavy (non-hydrogen) atoms. The summed E-state index contributed by atoms with van der Waals surface area (Å²) in [7, 11) is 0. The first-order valence-corrected chi connectivity index (χ1v) is 6.11. The van der Waals surface area contributed by atoms with Crippen LogP contribution in [0.5, 0.6) is 0 Å². The Hall–Kier alpha value is -0.610. The second-order valence-electron chi connectivity index (χ2n) is 2.70. The molecular weight excluding hydrogens is 202 g/mol. The summed E-state index contributed by atoms with van der Waals surface area (Å²) in [5.41, 5.74) is 0.952. The highest BCUT2D eigenvalue weighted by molar-refractivity contribution is 8.00. The van der Waals surface area contributed by atoms with Crippen molar-refractivity contribution in [2.45, 2.75) is 9.79 Å². The lowest BCUT2D eigenvalue weighted by molar-refractivity contribution is -0.113. The van der Waals surface area contributed by atoms with Gasteiger partial charge in [-0.2, -0.15) is 0 Å². The highest BCUT2D eigenvalue weighted by Gasteiger charge is 2.14. The van der Waals surface area contributed by atoms with Crippen LogP contribution in [0.3, 0.4) is 0 Å². The summed E-state index contributed by atoms with van der Waals surface area (Å²) in [4.78, 5) is 13.4. The maximum Gasteiger partial charge on any atom is 0.234 e. The molecule has 2 rings (SSSR count). The van der Waals surface area contributed by atoms with Gasteiger partial charge in [0.2, 0.25) is 5.91 Å². The van der Waals surface area contributed by atoms with Gasteiger partial charge in [-0.05, 0) is 24.5 Å². The fourth-order valence-electron chi connectivity index (χ4n) is 1.19. The van der Waals surface area contributed by atoms with E-state index >= 15 is 0 Å². The van der Waals surface area contributed by atoms with Crippen LogP contribution in [0.4, 0.5) is 5.69 Å². The fourth-order valence-corrected chi connectivity index (χ4v) is 2.42. The summed E-state index contributed by atoms with van der Waals surface area (Å²) in [6, 6.07) is 6.16. The number of amides is 1. The van der Waals surface area contributed by atoms with Crippen LogP contribution in [0.15, 0.2) is 28.0 Å². The Kier molecular flexibility index (Phi) is 2.51. The monoisotopic (exact) mass is 211 g/mol. The van der Waals surface area contributed by atoms with Crippen molar-refractivity contribution in [3.8, 4) is 0 Å². The van der Waals surface area contributed by atoms with Crippen LogP contribution in [0.1, 0.15) is 0 Å². The lowest BCUT2D eigenvalue weighted by Gasteiger charge is -2.16. The SMILES string of the molecule is CSc1ccc2c(c1)NC(=O)CS2. The quantitative estimate of drug-likeness (QED) is 0.723. The van der Waals surface area contributed by atoms with E-state index in [0.29, 0.717) is 5.75 Å². The molecule has 1 N–H and O–H groups in total. The van der Waals surface area contributed by atoms with Gasteiger partial charge in [-0.25, -0.2) is 0 Å². The number of rotatable bonds is 1. The minimum absolute atomic E-state index is 0.0933. The van der Waals surface area contributed by atoms with Gasteiger partial charge in [0.25, 0.3) is 0 Å². The molecule has 0 spiro atoms. The number of fused-ring (bicyclic) bond motifs is 1. The molecule has 1 amide bonds. The van der Waals surface area contributed by atoms with Gasteiger partial charge in [0, 0.05) is 9.79 Å². The minimum atomic E-state index is 0.0933. The number of carbonyl (C=O) groups is 1. The third-order valence-electron chi connectivity index (χ3n) is 1.82. The molecule has 2 nitrogen and oxygen atoms in total. The lowest BCUT2D eigenvalue weighted by atomic mass is 10.3. The standard InChI is InChI=1S/C9H9NOS2/c1-12-6-2-3-8-7(4-6)10-9(11)5-13-8/h2-4H,5H2,1H3,(H,10,11). The molecule has 1 aromatic rings. The second-order valence-corrected chi connectivity index (χ2v) is 4.60. The minimum Gasteiger partial charge on any atom is -0.324 e. The number of hydrogen-bond donors (Lipinski definition) is 1. The molecule has 0 saturated carbocycles. The molecule has 0 saturated heterocycles. The van der Waals surface area contributed by atoms with E-state index in [-0.39, 0.29) is 5.91 Å². The number of carbonyl (C=O) groups excluding carboxylic acids is 1. The molecule has 0 aliphatic carbocycles. The molecule has 1 heterocycles. The van der Waals surface area contributed by atoms with Crippen molar-refractivity contribution in [1.29, 1.82) is 0 Å². The molecule has 0 unspecified atom stereocenters. The summed E-state index contributed by atoms with van der Waals surface area (Å²) < 4.78 is 0. The zero-order chi connectivity index (χ0) is 9.26. The van der Waals surface area contributed by atoms with Crippen molar-refractivity contribution in [1.82, 2.24) is 0 Å². The number of hydrogen-bond acceptors (Lipinski definition) is 3. The Morgan fingerprint density at radius 2 is 2.38 bits per heavy atom. The molecule has 0 atom stereocenters. The van der Waals surface area contributed by atoms with E-state index in [1.165, 1.54) is 4.90 Å². The van der Waals surface area contributed by atoms with E-state index < -0.39 is 0 Å². The summed E-state index contributed by atoms with van der Waals surface area (Å²) in [6.45, 7) is 0. The summed E-state index contributed by atoms with van der Waals surface area (Å²) in [6.07, 6.45) is 2.03. The van der Waals surface area contributed by atoms with Crippen molar-refractivity contribution >= 4 is 35.1 Å². The smallest absolute Gasteiger partial charge is 0.234 e. The van der Waals surface area contributed by atoms with Gasteiger partial charge >= 0.3 is 0 Å². The van der Waals surface area contributed by atoms with Gasteiger partial charge in [-0.1, -0.05) is 0 Å². The third kappa shape index (κ3) is 1.84. The van der Waals surface area contributed by atoms with E-state index in [0.717, 1.165) is 10.6 Å². The first kappa shape index (κ1) is 8.97. The zero-order valence-corrected chi connectivity index (χ0v) is 8.80. The average molecular weight is 211 g/mol. The predicted molar refractivity (Wildman–Crippen MR) is 57.6 cm³/mol. The van der Waals surface area contributed by atoms with Gasteiger partial charge in [-0.15, -0.1) is 23.5 Å². The van der Waals surface area contributed by atoms with Crippen molar-refractivity contribution in [3.63, 3.8) is 0 Å². The molecule has 0 bridgehead atoms. The summed E-state index contributed by atoms with van der Waals surface area (Å²) >= 11 is 3.28. The van der Waals surface area contributed by atoms with Crippen LogP contribution in [-0.4, -0.2) is 17.9 Å². The second kappa shape index (κ2) is 3.64. The summed E-state index contributed by atoms with van der Waals surface area (Å²) in [5.74, 6) is 0.627. The van der Waals surface area contributed by atoms with Crippen LogP contribution in [-0.2, 0) is 4.79 Å². The molecule has 4 heteroatoms. The molecule has 1 aliphatic rings. The van der Waals surface area contributed by atoms with Crippen molar-refractivity contribution in [2.24, 2.45) is 0 Å². The topological polar surface area (TPSA) is 29.1 Å². The van der Waals surface area contributed by atoms with Crippen LogP contribution >= 0.6 is 23.5 Å². The first-order chi connectivity index (χ1) is 6.29.